The lowest BCUT2D eigenvalue weighted by molar-refractivity contribution is 0.116. The van der Waals surface area contributed by atoms with Crippen LogP contribution in [0.15, 0.2) is 4.52 Å². The van der Waals surface area contributed by atoms with Gasteiger partial charge in [0.15, 0.2) is 5.82 Å². The molecule has 1 rings (SSSR count). The molecule has 0 radical (unpaired) electrons. The number of ether oxygens (including phenoxy) is 1. The van der Waals surface area contributed by atoms with Gasteiger partial charge in [-0.2, -0.15) is 4.98 Å². The molecule has 104 valence electrons. The van der Waals surface area contributed by atoms with Gasteiger partial charge in [-0.05, 0) is 18.8 Å². The van der Waals surface area contributed by atoms with Crippen molar-refractivity contribution in [2.45, 2.75) is 52.6 Å². The summed E-state index contributed by atoms with van der Waals surface area (Å²) in [7, 11) is 1.67. The molecular formula is C13H25N3O2. The number of nitrogens with zero attached hydrogens (tertiary/aromatic N) is 2. The minimum Gasteiger partial charge on any atom is -0.381 e. The molecule has 0 saturated carbocycles. The molecule has 18 heavy (non-hydrogen) atoms. The van der Waals surface area contributed by atoms with Crippen molar-refractivity contribution in [2.24, 2.45) is 11.1 Å². The summed E-state index contributed by atoms with van der Waals surface area (Å²) in [6.07, 6.45) is 1.69. The number of aromatic nitrogens is 2. The molecule has 0 aliphatic rings. The summed E-state index contributed by atoms with van der Waals surface area (Å²) in [6, 6.07) is 0. The zero-order chi connectivity index (χ0) is 13.8. The summed E-state index contributed by atoms with van der Waals surface area (Å²) in [5.74, 6) is 1.46. The largest absolute Gasteiger partial charge is 0.381 e. The monoisotopic (exact) mass is 255 g/mol. The molecule has 1 heterocycles. The van der Waals surface area contributed by atoms with Crippen molar-refractivity contribution in [1.82, 2.24) is 10.1 Å². The maximum Gasteiger partial charge on any atom is 0.231 e. The van der Waals surface area contributed by atoms with E-state index in [0.29, 0.717) is 24.7 Å². The van der Waals surface area contributed by atoms with Crippen molar-refractivity contribution in [1.29, 1.82) is 0 Å². The summed E-state index contributed by atoms with van der Waals surface area (Å²) < 4.78 is 10.5. The Labute approximate surface area is 109 Å². The summed E-state index contributed by atoms with van der Waals surface area (Å²) in [5.41, 5.74) is 5.99. The minimum absolute atomic E-state index is 0.0920. The highest BCUT2D eigenvalue weighted by atomic mass is 16.5. The summed E-state index contributed by atoms with van der Waals surface area (Å²) >= 11 is 0. The van der Waals surface area contributed by atoms with Crippen molar-refractivity contribution < 1.29 is 9.26 Å². The molecule has 1 aromatic heterocycles. The maximum atomic E-state index is 5.80. The summed E-state index contributed by atoms with van der Waals surface area (Å²) in [6.45, 7) is 9.05. The van der Waals surface area contributed by atoms with Crippen LogP contribution in [0.4, 0.5) is 0 Å². The fourth-order valence-corrected chi connectivity index (χ4v) is 1.87. The van der Waals surface area contributed by atoms with E-state index in [4.69, 9.17) is 15.0 Å². The highest BCUT2D eigenvalue weighted by molar-refractivity contribution is 4.97. The zero-order valence-electron chi connectivity index (χ0n) is 12.1. The van der Waals surface area contributed by atoms with E-state index in [0.717, 1.165) is 6.42 Å². The predicted molar refractivity (Wildman–Crippen MR) is 70.3 cm³/mol. The Morgan fingerprint density at radius 1 is 1.39 bits per heavy atom. The molecule has 0 saturated heterocycles. The van der Waals surface area contributed by atoms with Gasteiger partial charge in [0, 0.05) is 20.1 Å². The Bertz CT molecular complexity index is 357. The number of methoxy groups -OCH3 is 1. The molecule has 0 bridgehead atoms. The van der Waals surface area contributed by atoms with Gasteiger partial charge in [0.05, 0.1) is 12.0 Å². The normalized spacial score (nSPS) is 15.7. The average Bonchev–Trinajstić information content (AvgIpc) is 2.72. The van der Waals surface area contributed by atoms with Gasteiger partial charge >= 0.3 is 0 Å². The van der Waals surface area contributed by atoms with Crippen LogP contribution in [-0.4, -0.2) is 29.9 Å². The molecule has 2 atom stereocenters. The van der Waals surface area contributed by atoms with Crippen LogP contribution in [-0.2, 0) is 11.2 Å². The van der Waals surface area contributed by atoms with Gasteiger partial charge in [0.2, 0.25) is 5.89 Å². The van der Waals surface area contributed by atoms with Crippen LogP contribution < -0.4 is 5.73 Å². The Hall–Kier alpha value is -0.940. The first-order valence-electron chi connectivity index (χ1n) is 6.41. The van der Waals surface area contributed by atoms with Gasteiger partial charge in [0.1, 0.15) is 0 Å². The standard InChI is InChI=1S/C13H25N3O2/c1-9(17-5)6-11-15-12(18-16-11)10(8-14)7-13(2,3)4/h9-10H,6-8,14H2,1-5H3. The van der Waals surface area contributed by atoms with Crippen LogP contribution in [0.1, 0.15) is 51.7 Å². The molecule has 0 aliphatic carbocycles. The van der Waals surface area contributed by atoms with Crippen molar-refractivity contribution in [3.8, 4) is 0 Å². The summed E-state index contributed by atoms with van der Waals surface area (Å²) in [4.78, 5) is 4.42. The van der Waals surface area contributed by atoms with E-state index in [2.05, 4.69) is 30.9 Å². The fraction of sp³-hybridized carbons (Fsp3) is 0.846. The molecule has 0 aliphatic heterocycles. The maximum absolute atomic E-state index is 5.80. The summed E-state index contributed by atoms with van der Waals surface area (Å²) in [5, 5.41) is 3.98. The lowest BCUT2D eigenvalue weighted by Gasteiger charge is -2.22. The van der Waals surface area contributed by atoms with E-state index in [1.807, 2.05) is 6.92 Å². The van der Waals surface area contributed by atoms with E-state index in [1.165, 1.54) is 0 Å². The lowest BCUT2D eigenvalue weighted by Crippen LogP contribution is -2.19. The third-order valence-electron chi connectivity index (χ3n) is 2.85. The third-order valence-corrected chi connectivity index (χ3v) is 2.85. The second-order valence-electron chi connectivity index (χ2n) is 6.00. The van der Waals surface area contributed by atoms with Crippen LogP contribution >= 0.6 is 0 Å². The van der Waals surface area contributed by atoms with E-state index >= 15 is 0 Å². The highest BCUT2D eigenvalue weighted by Gasteiger charge is 2.24. The second kappa shape index (κ2) is 6.29. The Kier molecular flexibility index (Phi) is 5.28. The molecule has 2 N–H and O–H groups in total. The second-order valence-corrected chi connectivity index (χ2v) is 6.00. The third kappa shape index (κ3) is 4.74. The SMILES string of the molecule is COC(C)Cc1noc(C(CN)CC(C)(C)C)n1. The first-order valence-corrected chi connectivity index (χ1v) is 6.41. The molecular weight excluding hydrogens is 230 g/mol. The Morgan fingerprint density at radius 2 is 2.06 bits per heavy atom. The average molecular weight is 255 g/mol. The molecule has 2 unspecified atom stereocenters. The van der Waals surface area contributed by atoms with Crippen molar-refractivity contribution in [3.63, 3.8) is 0 Å². The van der Waals surface area contributed by atoms with E-state index in [9.17, 15) is 0 Å². The Morgan fingerprint density at radius 3 is 2.56 bits per heavy atom. The molecule has 5 heteroatoms. The van der Waals surface area contributed by atoms with Crippen molar-refractivity contribution >= 4 is 0 Å². The smallest absolute Gasteiger partial charge is 0.231 e. The van der Waals surface area contributed by atoms with Gasteiger partial charge in [-0.25, -0.2) is 0 Å². The Balaban J connectivity index is 2.70. The van der Waals surface area contributed by atoms with Crippen LogP contribution in [0.5, 0.6) is 0 Å². The molecule has 0 amide bonds. The van der Waals surface area contributed by atoms with E-state index in [1.54, 1.807) is 7.11 Å². The quantitative estimate of drug-likeness (QED) is 0.842. The van der Waals surface area contributed by atoms with Crippen molar-refractivity contribution in [3.05, 3.63) is 11.7 Å². The molecule has 0 spiro atoms. The zero-order valence-corrected chi connectivity index (χ0v) is 12.1. The van der Waals surface area contributed by atoms with Crippen LogP contribution in [0, 0.1) is 5.41 Å². The first kappa shape index (κ1) is 15.1. The fourth-order valence-electron chi connectivity index (χ4n) is 1.87. The lowest BCUT2D eigenvalue weighted by atomic mass is 9.84. The first-order chi connectivity index (χ1) is 8.35. The number of nitrogens with two attached hydrogens (primary N) is 1. The number of rotatable bonds is 6. The van der Waals surface area contributed by atoms with E-state index in [-0.39, 0.29) is 17.4 Å². The van der Waals surface area contributed by atoms with Crippen LogP contribution in [0.2, 0.25) is 0 Å². The molecule has 0 aromatic carbocycles. The molecule has 5 nitrogen and oxygen atoms in total. The van der Waals surface area contributed by atoms with Gasteiger partial charge in [-0.1, -0.05) is 25.9 Å². The highest BCUT2D eigenvalue weighted by Crippen LogP contribution is 2.29. The van der Waals surface area contributed by atoms with Crippen LogP contribution in [0.3, 0.4) is 0 Å². The number of hydrogen-bond donors (Lipinski definition) is 1. The molecule has 1 aromatic rings. The predicted octanol–water partition coefficient (Wildman–Crippen LogP) is 2.13. The van der Waals surface area contributed by atoms with Gasteiger partial charge in [-0.3, -0.25) is 0 Å². The van der Waals surface area contributed by atoms with Gasteiger partial charge < -0.3 is 15.0 Å². The van der Waals surface area contributed by atoms with Gasteiger partial charge in [0.25, 0.3) is 0 Å². The van der Waals surface area contributed by atoms with Gasteiger partial charge in [-0.15, -0.1) is 0 Å². The number of hydrogen-bond acceptors (Lipinski definition) is 5. The topological polar surface area (TPSA) is 74.2 Å². The van der Waals surface area contributed by atoms with E-state index < -0.39 is 0 Å². The molecule has 0 fully saturated rings. The van der Waals surface area contributed by atoms with Crippen molar-refractivity contribution in [2.75, 3.05) is 13.7 Å². The minimum atomic E-state index is 0.0920. The van der Waals surface area contributed by atoms with Crippen LogP contribution in [0.25, 0.3) is 0 Å².